The lowest BCUT2D eigenvalue weighted by Crippen LogP contribution is -2.24. The van der Waals surface area contributed by atoms with Crippen LogP contribution >= 0.6 is 0 Å². The molecule has 164 valence electrons. The molecule has 0 aliphatic heterocycles. The SMILES string of the molecule is Cc1cccc2c(=O)n(CCC(=O)Nc3ccc(-n4cccn4)cc3C(F)(F)F)cnc12. The number of alkyl halides is 3. The fourth-order valence-electron chi connectivity index (χ4n) is 3.37. The van der Waals surface area contributed by atoms with Crippen LogP contribution in [0, 0.1) is 6.92 Å². The first-order chi connectivity index (χ1) is 15.2. The molecular weight excluding hydrogens is 423 g/mol. The average molecular weight is 441 g/mol. The minimum atomic E-state index is -4.68. The van der Waals surface area contributed by atoms with Gasteiger partial charge in [0, 0.05) is 25.4 Å². The van der Waals surface area contributed by atoms with E-state index in [1.54, 1.807) is 18.2 Å². The average Bonchev–Trinajstić information content (AvgIpc) is 3.28. The van der Waals surface area contributed by atoms with Crippen LogP contribution in [-0.4, -0.2) is 25.2 Å². The van der Waals surface area contributed by atoms with Gasteiger partial charge in [0.25, 0.3) is 5.56 Å². The van der Waals surface area contributed by atoms with Crippen molar-refractivity contribution in [3.63, 3.8) is 0 Å². The van der Waals surface area contributed by atoms with Gasteiger partial charge in [0.05, 0.1) is 34.2 Å². The number of halogens is 3. The van der Waals surface area contributed by atoms with Gasteiger partial charge in [-0.3, -0.25) is 14.2 Å². The molecule has 0 unspecified atom stereocenters. The maximum Gasteiger partial charge on any atom is 0.418 e. The highest BCUT2D eigenvalue weighted by Crippen LogP contribution is 2.36. The molecule has 0 spiro atoms. The van der Waals surface area contributed by atoms with Crippen molar-refractivity contribution in [2.75, 3.05) is 5.32 Å². The van der Waals surface area contributed by atoms with Crippen LogP contribution in [0.2, 0.25) is 0 Å². The lowest BCUT2D eigenvalue weighted by atomic mass is 10.1. The van der Waals surface area contributed by atoms with E-state index >= 15 is 0 Å². The zero-order chi connectivity index (χ0) is 22.9. The number of aromatic nitrogens is 4. The number of nitrogens with zero attached hydrogens (tertiary/aromatic N) is 4. The van der Waals surface area contributed by atoms with Gasteiger partial charge in [-0.1, -0.05) is 12.1 Å². The van der Waals surface area contributed by atoms with Crippen molar-refractivity contribution in [2.45, 2.75) is 26.1 Å². The number of amides is 1. The highest BCUT2D eigenvalue weighted by Gasteiger charge is 2.34. The van der Waals surface area contributed by atoms with Crippen molar-refractivity contribution in [3.05, 3.63) is 82.7 Å². The topological polar surface area (TPSA) is 81.8 Å². The molecule has 0 fully saturated rings. The van der Waals surface area contributed by atoms with E-state index in [1.807, 2.05) is 13.0 Å². The maximum atomic E-state index is 13.6. The van der Waals surface area contributed by atoms with E-state index < -0.39 is 17.6 Å². The molecule has 0 radical (unpaired) electrons. The summed E-state index contributed by atoms with van der Waals surface area (Å²) in [6, 6.07) is 10.3. The number of anilines is 1. The molecule has 0 aliphatic rings. The first-order valence-electron chi connectivity index (χ1n) is 9.70. The van der Waals surface area contributed by atoms with E-state index in [0.717, 1.165) is 11.6 Å². The van der Waals surface area contributed by atoms with Gasteiger partial charge >= 0.3 is 6.18 Å². The molecule has 2 aromatic heterocycles. The maximum absolute atomic E-state index is 13.6. The van der Waals surface area contributed by atoms with Crippen LogP contribution < -0.4 is 10.9 Å². The standard InChI is InChI=1S/C22H18F3N5O2/c1-14-4-2-5-16-20(14)26-13-29(21(16)32)11-8-19(31)28-18-7-6-15(30-10-3-9-27-30)12-17(18)22(23,24)25/h2-7,9-10,12-13H,8,11H2,1H3,(H,28,31). The van der Waals surface area contributed by atoms with Crippen molar-refractivity contribution in [2.24, 2.45) is 0 Å². The Kier molecular flexibility index (Phi) is 5.52. The molecule has 0 atom stereocenters. The Morgan fingerprint density at radius 3 is 2.69 bits per heavy atom. The third kappa shape index (κ3) is 4.25. The number of fused-ring (bicyclic) bond motifs is 1. The van der Waals surface area contributed by atoms with Gasteiger partial charge in [0.1, 0.15) is 0 Å². The summed E-state index contributed by atoms with van der Waals surface area (Å²) in [5.41, 5.74) is -0.0274. The quantitative estimate of drug-likeness (QED) is 0.509. The summed E-state index contributed by atoms with van der Waals surface area (Å²) < 4.78 is 43.3. The van der Waals surface area contributed by atoms with Gasteiger partial charge in [0.15, 0.2) is 0 Å². The van der Waals surface area contributed by atoms with Gasteiger partial charge in [-0.15, -0.1) is 0 Å². The minimum absolute atomic E-state index is 0.0196. The number of hydrogen-bond donors (Lipinski definition) is 1. The van der Waals surface area contributed by atoms with Crippen LogP contribution in [0.5, 0.6) is 0 Å². The molecule has 10 heteroatoms. The summed E-state index contributed by atoms with van der Waals surface area (Å²) in [6.07, 6.45) is -0.566. The third-order valence-electron chi connectivity index (χ3n) is 4.99. The first-order valence-corrected chi connectivity index (χ1v) is 9.70. The first kappa shape index (κ1) is 21.3. The molecule has 2 heterocycles. The highest BCUT2D eigenvalue weighted by atomic mass is 19.4. The van der Waals surface area contributed by atoms with Crippen molar-refractivity contribution in [1.82, 2.24) is 19.3 Å². The fraction of sp³-hybridized carbons (Fsp3) is 0.182. The van der Waals surface area contributed by atoms with Gasteiger partial charge < -0.3 is 5.32 Å². The van der Waals surface area contributed by atoms with E-state index in [1.165, 1.54) is 40.1 Å². The monoisotopic (exact) mass is 441 g/mol. The molecule has 4 rings (SSSR count). The van der Waals surface area contributed by atoms with E-state index in [0.29, 0.717) is 10.9 Å². The number of hydrogen-bond acceptors (Lipinski definition) is 4. The Morgan fingerprint density at radius 1 is 1.16 bits per heavy atom. The molecule has 0 aliphatic carbocycles. The predicted molar refractivity (Wildman–Crippen MR) is 113 cm³/mol. The summed E-state index contributed by atoms with van der Waals surface area (Å²) in [7, 11) is 0. The van der Waals surface area contributed by atoms with E-state index in [-0.39, 0.29) is 29.9 Å². The van der Waals surface area contributed by atoms with Gasteiger partial charge in [-0.05, 0) is 42.8 Å². The number of benzene rings is 2. The third-order valence-corrected chi connectivity index (χ3v) is 4.99. The van der Waals surface area contributed by atoms with E-state index in [2.05, 4.69) is 15.4 Å². The molecular formula is C22H18F3N5O2. The Morgan fingerprint density at radius 2 is 1.97 bits per heavy atom. The predicted octanol–water partition coefficient (Wildman–Crippen LogP) is 3.94. The minimum Gasteiger partial charge on any atom is -0.325 e. The Bertz CT molecular complexity index is 1340. The van der Waals surface area contributed by atoms with Crippen molar-refractivity contribution in [3.8, 4) is 5.69 Å². The van der Waals surface area contributed by atoms with Gasteiger partial charge in [-0.2, -0.15) is 18.3 Å². The largest absolute Gasteiger partial charge is 0.418 e. The van der Waals surface area contributed by atoms with E-state index in [9.17, 15) is 22.8 Å². The highest BCUT2D eigenvalue weighted by molar-refractivity contribution is 5.91. The fourth-order valence-corrected chi connectivity index (χ4v) is 3.37. The van der Waals surface area contributed by atoms with Gasteiger partial charge in [0.2, 0.25) is 5.91 Å². The summed E-state index contributed by atoms with van der Waals surface area (Å²) in [4.78, 5) is 29.3. The Labute approximate surface area is 180 Å². The second kappa shape index (κ2) is 8.29. The summed E-state index contributed by atoms with van der Waals surface area (Å²) in [5, 5.41) is 6.64. The number of rotatable bonds is 5. The molecule has 2 aromatic carbocycles. The summed E-state index contributed by atoms with van der Waals surface area (Å²) >= 11 is 0. The van der Waals surface area contributed by atoms with Crippen LogP contribution in [0.3, 0.4) is 0 Å². The van der Waals surface area contributed by atoms with Crippen LogP contribution in [-0.2, 0) is 17.5 Å². The molecule has 1 amide bonds. The summed E-state index contributed by atoms with van der Waals surface area (Å²) in [6.45, 7) is 1.82. The van der Waals surface area contributed by atoms with Gasteiger partial charge in [-0.25, -0.2) is 9.67 Å². The zero-order valence-electron chi connectivity index (χ0n) is 16.9. The van der Waals surface area contributed by atoms with Crippen molar-refractivity contribution >= 4 is 22.5 Å². The zero-order valence-corrected chi connectivity index (χ0v) is 16.9. The Balaban J connectivity index is 1.53. The number of carbonyl (C=O) groups excluding carboxylic acids is 1. The van der Waals surface area contributed by atoms with Crippen LogP contribution in [0.25, 0.3) is 16.6 Å². The smallest absolute Gasteiger partial charge is 0.325 e. The molecule has 1 N–H and O–H groups in total. The van der Waals surface area contributed by atoms with Crippen LogP contribution in [0.1, 0.15) is 17.5 Å². The lowest BCUT2D eigenvalue weighted by molar-refractivity contribution is -0.137. The molecule has 32 heavy (non-hydrogen) atoms. The van der Waals surface area contributed by atoms with Crippen LogP contribution in [0.15, 0.2) is 66.0 Å². The number of aryl methyl sites for hydroxylation is 2. The van der Waals surface area contributed by atoms with Crippen molar-refractivity contribution < 1.29 is 18.0 Å². The van der Waals surface area contributed by atoms with E-state index in [4.69, 9.17) is 0 Å². The lowest BCUT2D eigenvalue weighted by Gasteiger charge is -2.15. The second-order valence-electron chi connectivity index (χ2n) is 7.19. The van der Waals surface area contributed by atoms with Crippen molar-refractivity contribution in [1.29, 1.82) is 0 Å². The normalized spacial score (nSPS) is 11.6. The second-order valence-corrected chi connectivity index (χ2v) is 7.19. The molecule has 0 saturated heterocycles. The molecule has 0 saturated carbocycles. The number of para-hydroxylation sites is 1. The molecule has 4 aromatic rings. The Hall–Kier alpha value is -3.95. The molecule has 0 bridgehead atoms. The van der Waals surface area contributed by atoms with Crippen LogP contribution in [0.4, 0.5) is 18.9 Å². The summed E-state index contributed by atoms with van der Waals surface area (Å²) in [5.74, 6) is -0.654. The number of carbonyl (C=O) groups is 1. The molecule has 7 nitrogen and oxygen atoms in total. The number of nitrogens with one attached hydrogen (secondary N) is 1.